The number of quaternary nitrogens is 1. The summed E-state index contributed by atoms with van der Waals surface area (Å²) in [5.41, 5.74) is 2.27. The normalized spacial score (nSPS) is 12.2. The summed E-state index contributed by atoms with van der Waals surface area (Å²) in [5, 5.41) is 12.6. The Morgan fingerprint density at radius 3 is 2.42 bits per heavy atom. The number of phenolic OH excluding ortho intramolecular Hbond substituents is 1. The van der Waals surface area contributed by atoms with Crippen molar-refractivity contribution >= 4 is 10.8 Å². The molecule has 0 aliphatic rings. The van der Waals surface area contributed by atoms with Gasteiger partial charge in [0.15, 0.2) is 0 Å². The van der Waals surface area contributed by atoms with E-state index >= 15 is 0 Å². The van der Waals surface area contributed by atoms with Gasteiger partial charge in [-0.2, -0.15) is 0 Å². The average molecular weight is 322 g/mol. The first-order valence-electron chi connectivity index (χ1n) is 8.40. The van der Waals surface area contributed by atoms with Crippen LogP contribution in [0.2, 0.25) is 0 Å². The largest absolute Gasteiger partial charge is 0.507 e. The topological polar surface area (TPSA) is 33.9 Å². The van der Waals surface area contributed by atoms with Gasteiger partial charge in [0.05, 0.1) is 19.2 Å². The summed E-state index contributed by atoms with van der Waals surface area (Å²) in [7, 11) is 2.15. The van der Waals surface area contributed by atoms with Crippen LogP contribution in [0.4, 0.5) is 0 Å². The highest BCUT2D eigenvalue weighted by Crippen LogP contribution is 2.26. The molecule has 3 aromatic carbocycles. The van der Waals surface area contributed by atoms with Gasteiger partial charge in [0.1, 0.15) is 24.6 Å². The summed E-state index contributed by atoms with van der Waals surface area (Å²) < 4.78 is 5.49. The van der Waals surface area contributed by atoms with Gasteiger partial charge in [-0.15, -0.1) is 0 Å². The average Bonchev–Trinajstić information content (AvgIpc) is 2.59. The minimum absolute atomic E-state index is 0.375. The SMILES string of the molecule is CCOc1ccc(C[NH+](C)Cc2c(O)ccc3ccccc23)cc1. The summed E-state index contributed by atoms with van der Waals surface area (Å²) in [6.07, 6.45) is 0. The molecule has 0 aliphatic heterocycles. The fraction of sp³-hybridized carbons (Fsp3) is 0.238. The third kappa shape index (κ3) is 3.69. The molecule has 0 saturated heterocycles. The first kappa shape index (κ1) is 16.3. The molecule has 3 rings (SSSR count). The van der Waals surface area contributed by atoms with Crippen LogP contribution in [0.3, 0.4) is 0 Å². The molecule has 3 heteroatoms. The van der Waals surface area contributed by atoms with Gasteiger partial charge < -0.3 is 14.7 Å². The van der Waals surface area contributed by atoms with Gasteiger partial charge in [-0.05, 0) is 48.0 Å². The van der Waals surface area contributed by atoms with Crippen molar-refractivity contribution in [2.75, 3.05) is 13.7 Å². The molecule has 1 unspecified atom stereocenters. The van der Waals surface area contributed by atoms with Crippen LogP contribution in [0.1, 0.15) is 18.1 Å². The molecular formula is C21H24NO2+. The molecule has 0 fully saturated rings. The van der Waals surface area contributed by atoms with Gasteiger partial charge in [-0.1, -0.05) is 30.3 Å². The van der Waals surface area contributed by atoms with E-state index in [4.69, 9.17) is 4.74 Å². The van der Waals surface area contributed by atoms with Gasteiger partial charge in [-0.3, -0.25) is 0 Å². The van der Waals surface area contributed by atoms with E-state index in [2.05, 4.69) is 31.3 Å². The zero-order chi connectivity index (χ0) is 16.9. The van der Waals surface area contributed by atoms with Gasteiger partial charge >= 0.3 is 0 Å². The minimum atomic E-state index is 0.375. The number of hydrogen-bond donors (Lipinski definition) is 2. The van der Waals surface area contributed by atoms with Crippen LogP contribution in [0.5, 0.6) is 11.5 Å². The third-order valence-electron chi connectivity index (χ3n) is 4.23. The molecular weight excluding hydrogens is 298 g/mol. The second-order valence-corrected chi connectivity index (χ2v) is 6.17. The molecule has 0 saturated carbocycles. The summed E-state index contributed by atoms with van der Waals surface area (Å²) in [5.74, 6) is 1.28. The Labute approximate surface area is 143 Å². The number of hydrogen-bond acceptors (Lipinski definition) is 2. The second kappa shape index (κ2) is 7.37. The Bertz CT molecular complexity index is 812. The van der Waals surface area contributed by atoms with Gasteiger partial charge in [0.2, 0.25) is 0 Å². The van der Waals surface area contributed by atoms with E-state index in [1.807, 2.05) is 37.3 Å². The summed E-state index contributed by atoms with van der Waals surface area (Å²) in [6, 6.07) is 20.2. The van der Waals surface area contributed by atoms with Crippen molar-refractivity contribution in [3.8, 4) is 11.5 Å². The number of benzene rings is 3. The van der Waals surface area contributed by atoms with E-state index in [0.29, 0.717) is 12.4 Å². The highest BCUT2D eigenvalue weighted by molar-refractivity contribution is 5.87. The molecule has 0 radical (unpaired) electrons. The predicted molar refractivity (Wildman–Crippen MR) is 97.5 cm³/mol. The highest BCUT2D eigenvalue weighted by Gasteiger charge is 2.12. The lowest BCUT2D eigenvalue weighted by molar-refractivity contribution is -0.907. The van der Waals surface area contributed by atoms with Crippen molar-refractivity contribution in [1.82, 2.24) is 0 Å². The van der Waals surface area contributed by atoms with Crippen molar-refractivity contribution in [3.63, 3.8) is 0 Å². The lowest BCUT2D eigenvalue weighted by atomic mass is 10.0. The van der Waals surface area contributed by atoms with Crippen molar-refractivity contribution in [2.45, 2.75) is 20.0 Å². The van der Waals surface area contributed by atoms with Crippen LogP contribution in [-0.4, -0.2) is 18.8 Å². The number of nitrogens with one attached hydrogen (secondary N) is 1. The Kier molecular flexibility index (Phi) is 5.02. The van der Waals surface area contributed by atoms with Crippen LogP contribution < -0.4 is 9.64 Å². The van der Waals surface area contributed by atoms with Crippen LogP contribution in [0.25, 0.3) is 10.8 Å². The van der Waals surface area contributed by atoms with Gasteiger partial charge in [0.25, 0.3) is 0 Å². The smallest absolute Gasteiger partial charge is 0.125 e. The molecule has 0 aromatic heterocycles. The van der Waals surface area contributed by atoms with Crippen molar-refractivity contribution in [1.29, 1.82) is 0 Å². The van der Waals surface area contributed by atoms with Gasteiger partial charge in [0, 0.05) is 5.56 Å². The number of phenols is 1. The first-order chi connectivity index (χ1) is 11.7. The summed E-state index contributed by atoms with van der Waals surface area (Å²) >= 11 is 0. The molecule has 1 atom stereocenters. The van der Waals surface area contributed by atoms with Crippen LogP contribution in [-0.2, 0) is 13.1 Å². The fourth-order valence-corrected chi connectivity index (χ4v) is 3.09. The van der Waals surface area contributed by atoms with E-state index < -0.39 is 0 Å². The molecule has 24 heavy (non-hydrogen) atoms. The number of aromatic hydroxyl groups is 1. The monoisotopic (exact) mass is 322 g/mol. The molecule has 0 spiro atoms. The summed E-state index contributed by atoms with van der Waals surface area (Å²) in [4.78, 5) is 1.32. The number of rotatable bonds is 6. The Balaban J connectivity index is 1.75. The molecule has 0 aliphatic carbocycles. The molecule has 3 aromatic rings. The molecule has 0 heterocycles. The van der Waals surface area contributed by atoms with E-state index in [1.165, 1.54) is 15.8 Å². The maximum absolute atomic E-state index is 10.3. The lowest BCUT2D eigenvalue weighted by Crippen LogP contribution is -3.06. The number of ether oxygens (including phenoxy) is 1. The van der Waals surface area contributed by atoms with E-state index in [0.717, 1.165) is 29.8 Å². The van der Waals surface area contributed by atoms with Crippen LogP contribution in [0, 0.1) is 0 Å². The molecule has 2 N–H and O–H groups in total. The fourth-order valence-electron chi connectivity index (χ4n) is 3.09. The predicted octanol–water partition coefficient (Wildman–Crippen LogP) is 3.16. The zero-order valence-corrected chi connectivity index (χ0v) is 14.3. The Morgan fingerprint density at radius 1 is 0.917 bits per heavy atom. The van der Waals surface area contributed by atoms with Crippen molar-refractivity contribution < 1.29 is 14.7 Å². The van der Waals surface area contributed by atoms with Crippen LogP contribution >= 0.6 is 0 Å². The second-order valence-electron chi connectivity index (χ2n) is 6.17. The first-order valence-corrected chi connectivity index (χ1v) is 8.40. The standard InChI is InChI=1S/C21H23NO2/c1-3-24-18-11-8-16(9-12-18)14-22(2)15-20-19-7-5-4-6-17(19)10-13-21(20)23/h4-13,23H,3,14-15H2,1-2H3/p+1. The van der Waals surface area contributed by atoms with E-state index in [9.17, 15) is 5.11 Å². The van der Waals surface area contributed by atoms with Gasteiger partial charge in [-0.25, -0.2) is 0 Å². The number of fused-ring (bicyclic) bond motifs is 1. The Morgan fingerprint density at radius 2 is 1.67 bits per heavy atom. The van der Waals surface area contributed by atoms with E-state index in [-0.39, 0.29) is 0 Å². The molecule has 0 bridgehead atoms. The Hall–Kier alpha value is -2.52. The molecule has 124 valence electrons. The van der Waals surface area contributed by atoms with Crippen molar-refractivity contribution in [3.05, 3.63) is 71.8 Å². The summed E-state index contributed by atoms with van der Waals surface area (Å²) in [6.45, 7) is 4.35. The zero-order valence-electron chi connectivity index (χ0n) is 14.3. The minimum Gasteiger partial charge on any atom is -0.507 e. The maximum Gasteiger partial charge on any atom is 0.125 e. The van der Waals surface area contributed by atoms with E-state index in [1.54, 1.807) is 6.07 Å². The molecule has 0 amide bonds. The quantitative estimate of drug-likeness (QED) is 0.731. The molecule has 3 nitrogen and oxygen atoms in total. The van der Waals surface area contributed by atoms with Crippen LogP contribution in [0.15, 0.2) is 60.7 Å². The highest BCUT2D eigenvalue weighted by atomic mass is 16.5. The third-order valence-corrected chi connectivity index (χ3v) is 4.23. The maximum atomic E-state index is 10.3. The van der Waals surface area contributed by atoms with Crippen molar-refractivity contribution in [2.24, 2.45) is 0 Å². The lowest BCUT2D eigenvalue weighted by Gasteiger charge is -2.17.